The highest BCUT2D eigenvalue weighted by molar-refractivity contribution is 6.07. The molecule has 0 heterocycles. The van der Waals surface area contributed by atoms with Gasteiger partial charge in [-0.05, 0) is 0 Å². The Kier molecular flexibility index (Phi) is 20.4. The van der Waals surface area contributed by atoms with Gasteiger partial charge in [0.1, 0.15) is 0 Å². The van der Waals surface area contributed by atoms with Gasteiger partial charge in [0.05, 0.1) is 19.0 Å². The Morgan fingerprint density at radius 2 is 1.75 bits per heavy atom. The summed E-state index contributed by atoms with van der Waals surface area (Å²) in [6.45, 7) is 0. The minimum absolute atomic E-state index is 0. The fourth-order valence-electron chi connectivity index (χ4n) is 0. The maximum Gasteiger partial charge on any atom is 0.187 e. The SMILES string of the molecule is COCl.[AlH3]. The van der Waals surface area contributed by atoms with E-state index in [0.717, 1.165) is 0 Å². The van der Waals surface area contributed by atoms with E-state index in [1.807, 2.05) is 0 Å². The van der Waals surface area contributed by atoms with Gasteiger partial charge >= 0.3 is 0 Å². The molecule has 0 aliphatic carbocycles. The predicted octanol–water partition coefficient (Wildman–Crippen LogP) is -0.397. The fraction of sp³-hybridized carbons (Fsp3) is 1.00. The van der Waals surface area contributed by atoms with Gasteiger partial charge in [-0.15, -0.1) is 0 Å². The van der Waals surface area contributed by atoms with E-state index >= 15 is 0 Å². The summed E-state index contributed by atoms with van der Waals surface area (Å²) < 4.78 is 3.72. The lowest BCUT2D eigenvalue weighted by molar-refractivity contribution is 0.463. The van der Waals surface area contributed by atoms with E-state index in [0.29, 0.717) is 0 Å². The van der Waals surface area contributed by atoms with Crippen LogP contribution in [0.3, 0.4) is 0 Å². The Bertz CT molecular complexity index is 8.00. The lowest BCUT2D eigenvalue weighted by Gasteiger charge is -1.54. The van der Waals surface area contributed by atoms with Gasteiger partial charge in [-0.2, -0.15) is 0 Å². The molecule has 1 nitrogen and oxygen atoms in total. The topological polar surface area (TPSA) is 9.23 Å². The van der Waals surface area contributed by atoms with Gasteiger partial charge in [0.15, 0.2) is 17.4 Å². The van der Waals surface area contributed by atoms with E-state index in [1.165, 1.54) is 7.11 Å². The third-order valence-corrected chi connectivity index (χ3v) is 0. The van der Waals surface area contributed by atoms with Gasteiger partial charge < -0.3 is 0 Å². The van der Waals surface area contributed by atoms with E-state index in [9.17, 15) is 0 Å². The van der Waals surface area contributed by atoms with Gasteiger partial charge in [-0.3, -0.25) is 4.29 Å². The van der Waals surface area contributed by atoms with Crippen LogP contribution in [0.5, 0.6) is 0 Å². The molecule has 0 aliphatic heterocycles. The quantitative estimate of drug-likeness (QED) is 0.373. The molecule has 0 amide bonds. The number of hydrogen-bond donors (Lipinski definition) is 0. The van der Waals surface area contributed by atoms with Crippen LogP contribution in [-0.2, 0) is 4.29 Å². The minimum Gasteiger partial charge on any atom is -0.283 e. The second-order valence-electron chi connectivity index (χ2n) is 0.154. The van der Waals surface area contributed by atoms with Crippen molar-refractivity contribution in [2.75, 3.05) is 7.11 Å². The van der Waals surface area contributed by atoms with Gasteiger partial charge in [0, 0.05) is 0 Å². The molecule has 0 spiro atoms. The highest BCUT2D eigenvalue weighted by Gasteiger charge is 1.31. The molecule has 0 aromatic carbocycles. The summed E-state index contributed by atoms with van der Waals surface area (Å²) in [4.78, 5) is 0. The Balaban J connectivity index is 0. The molecule has 0 fully saturated rings. The third kappa shape index (κ3) is 14.4. The van der Waals surface area contributed by atoms with Gasteiger partial charge in [-0.1, -0.05) is 0 Å². The molecule has 26 valence electrons. The summed E-state index contributed by atoms with van der Waals surface area (Å²) in [6, 6.07) is 0. The molecule has 0 bridgehead atoms. The monoisotopic (exact) mass is 96.0 g/mol. The molecule has 0 aromatic heterocycles. The van der Waals surface area contributed by atoms with E-state index in [1.54, 1.807) is 0 Å². The van der Waals surface area contributed by atoms with E-state index in [4.69, 9.17) is 0 Å². The molecular formula is CH6AlClO. The normalized spacial score (nSPS) is 4.50. The molecule has 0 rings (SSSR count). The molecule has 0 radical (unpaired) electrons. The van der Waals surface area contributed by atoms with Crippen LogP contribution in [0, 0.1) is 0 Å². The zero-order valence-electron chi connectivity index (χ0n) is 1.79. The molecule has 0 aliphatic rings. The lowest BCUT2D eigenvalue weighted by Crippen LogP contribution is -1.39. The van der Waals surface area contributed by atoms with E-state index in [-0.39, 0.29) is 17.4 Å². The second kappa shape index (κ2) is 9.22. The fourth-order valence-corrected chi connectivity index (χ4v) is 0. The van der Waals surface area contributed by atoms with Crippen molar-refractivity contribution in [2.24, 2.45) is 0 Å². The molecule has 3 heteroatoms. The molecule has 0 atom stereocenters. The van der Waals surface area contributed by atoms with Crippen LogP contribution in [0.25, 0.3) is 0 Å². The van der Waals surface area contributed by atoms with Crippen LogP contribution >= 0.6 is 11.9 Å². The van der Waals surface area contributed by atoms with Crippen molar-refractivity contribution in [3.8, 4) is 0 Å². The first kappa shape index (κ1) is 8.84. The van der Waals surface area contributed by atoms with Crippen LogP contribution in [0.15, 0.2) is 0 Å². The predicted molar refractivity (Wildman–Crippen MR) is 22.8 cm³/mol. The summed E-state index contributed by atoms with van der Waals surface area (Å²) in [6.07, 6.45) is 0. The van der Waals surface area contributed by atoms with Crippen molar-refractivity contribution in [3.63, 3.8) is 0 Å². The van der Waals surface area contributed by atoms with E-state index < -0.39 is 0 Å². The van der Waals surface area contributed by atoms with Crippen molar-refractivity contribution in [1.29, 1.82) is 0 Å². The van der Waals surface area contributed by atoms with Crippen molar-refractivity contribution in [3.05, 3.63) is 0 Å². The zero-order valence-corrected chi connectivity index (χ0v) is 2.54. The van der Waals surface area contributed by atoms with Crippen LogP contribution in [0.2, 0.25) is 0 Å². The maximum absolute atomic E-state index is 4.50. The maximum atomic E-state index is 4.50. The number of hydrogen-bond acceptors (Lipinski definition) is 1. The molecule has 0 saturated heterocycles. The summed E-state index contributed by atoms with van der Waals surface area (Å²) in [5.74, 6) is 0. The smallest absolute Gasteiger partial charge is 0.187 e. The van der Waals surface area contributed by atoms with Gasteiger partial charge in [0.2, 0.25) is 0 Å². The summed E-state index contributed by atoms with van der Waals surface area (Å²) in [5.41, 5.74) is 0. The number of rotatable bonds is 0. The van der Waals surface area contributed by atoms with Gasteiger partial charge in [-0.25, -0.2) is 0 Å². The molecule has 0 aromatic rings. The first-order valence-electron chi connectivity index (χ1n) is 0.563. The standard InChI is InChI=1S/CH3ClO.Al.3H/c1-3-2;;;;/h1H3;;;;. The zero-order chi connectivity index (χ0) is 2.71. The second-order valence-corrected chi connectivity index (χ2v) is 0.463. The first-order valence-corrected chi connectivity index (χ1v) is 0.871. The van der Waals surface area contributed by atoms with Crippen molar-refractivity contribution >= 4 is 29.2 Å². The minimum atomic E-state index is 0. The summed E-state index contributed by atoms with van der Waals surface area (Å²) in [5, 5.41) is 0. The highest BCUT2D eigenvalue weighted by Crippen LogP contribution is 1.59. The Hall–Kier alpha value is 0.782. The van der Waals surface area contributed by atoms with Crippen LogP contribution < -0.4 is 0 Å². The first-order chi connectivity index (χ1) is 1.41. The van der Waals surface area contributed by atoms with Crippen molar-refractivity contribution < 1.29 is 4.29 Å². The van der Waals surface area contributed by atoms with Crippen LogP contribution in [0.4, 0.5) is 0 Å². The molecular weight excluding hydrogens is 90.4 g/mol. The Morgan fingerprint density at radius 1 is 1.75 bits per heavy atom. The van der Waals surface area contributed by atoms with E-state index in [2.05, 4.69) is 16.2 Å². The molecule has 0 N–H and O–H groups in total. The van der Waals surface area contributed by atoms with Crippen molar-refractivity contribution in [1.82, 2.24) is 0 Å². The largest absolute Gasteiger partial charge is 0.283 e. The molecule has 0 saturated carbocycles. The van der Waals surface area contributed by atoms with Crippen molar-refractivity contribution in [2.45, 2.75) is 0 Å². The average molecular weight is 96.5 g/mol. The lowest BCUT2D eigenvalue weighted by atomic mass is 11.8. The highest BCUT2D eigenvalue weighted by atomic mass is 35.5. The number of halogens is 1. The molecule has 4 heavy (non-hydrogen) atoms. The average Bonchev–Trinajstić information content (AvgIpc) is 0.918. The van der Waals surface area contributed by atoms with Crippen LogP contribution in [0.1, 0.15) is 0 Å². The third-order valence-electron chi connectivity index (χ3n) is 0. The summed E-state index contributed by atoms with van der Waals surface area (Å²) in [7, 11) is 1.39. The Labute approximate surface area is 41.2 Å². The Morgan fingerprint density at radius 3 is 1.75 bits per heavy atom. The summed E-state index contributed by atoms with van der Waals surface area (Å²) >= 11 is 4.50. The van der Waals surface area contributed by atoms with Crippen LogP contribution in [-0.4, -0.2) is 24.5 Å². The molecule has 0 unspecified atom stereocenters. The van der Waals surface area contributed by atoms with Gasteiger partial charge in [0.25, 0.3) is 0 Å².